The van der Waals surface area contributed by atoms with E-state index in [9.17, 15) is 4.79 Å². The van der Waals surface area contributed by atoms with Crippen LogP contribution in [0, 0.1) is 0 Å². The van der Waals surface area contributed by atoms with Crippen LogP contribution in [0.4, 0.5) is 0 Å². The van der Waals surface area contributed by atoms with E-state index in [2.05, 4.69) is 6.92 Å². The molecule has 0 aromatic heterocycles. The van der Waals surface area contributed by atoms with Gasteiger partial charge < -0.3 is 4.74 Å². The maximum atomic E-state index is 12.3. The second-order valence-corrected chi connectivity index (χ2v) is 5.51. The monoisotopic (exact) mass is 296 g/mol. The minimum atomic E-state index is 0.0626. The molecule has 2 rings (SSSR count). The summed E-state index contributed by atoms with van der Waals surface area (Å²) in [6.07, 6.45) is 4.88. The average molecular weight is 296 g/mol. The quantitative estimate of drug-likeness (QED) is 0.480. The molecule has 0 bridgehead atoms. The molecule has 0 saturated carbocycles. The molecule has 0 saturated heterocycles. The molecule has 116 valence electrons. The molecule has 0 aliphatic rings. The maximum absolute atomic E-state index is 12.3. The van der Waals surface area contributed by atoms with Crippen LogP contribution in [0.3, 0.4) is 0 Å². The maximum Gasteiger partial charge on any atom is 0.193 e. The van der Waals surface area contributed by atoms with Crippen molar-refractivity contribution in [1.29, 1.82) is 0 Å². The van der Waals surface area contributed by atoms with Gasteiger partial charge in [-0.25, -0.2) is 0 Å². The van der Waals surface area contributed by atoms with E-state index < -0.39 is 0 Å². The highest BCUT2D eigenvalue weighted by molar-refractivity contribution is 6.08. The number of rotatable bonds is 9. The fourth-order valence-electron chi connectivity index (χ4n) is 2.33. The first-order valence-corrected chi connectivity index (χ1v) is 8.07. The summed E-state index contributed by atoms with van der Waals surface area (Å²) in [7, 11) is 0. The number of carbonyl (C=O) groups is 1. The lowest BCUT2D eigenvalue weighted by Gasteiger charge is -2.06. The van der Waals surface area contributed by atoms with Gasteiger partial charge in [0.1, 0.15) is 0 Å². The van der Waals surface area contributed by atoms with Crippen LogP contribution < -0.4 is 0 Å². The standard InChI is InChI=1S/C20H24O2/c1-2-3-4-8-15-22-16-17-11-13-19(14-12-17)20(21)18-9-6-5-7-10-18/h5-7,9-14H,2-4,8,15-16H2,1H3. The second kappa shape index (κ2) is 9.16. The molecule has 0 unspecified atom stereocenters. The van der Waals surface area contributed by atoms with Gasteiger partial charge in [0.25, 0.3) is 0 Å². The molecule has 2 heteroatoms. The predicted molar refractivity (Wildman–Crippen MR) is 90.1 cm³/mol. The number of unbranched alkanes of at least 4 members (excludes halogenated alkanes) is 3. The van der Waals surface area contributed by atoms with Crippen LogP contribution in [-0.4, -0.2) is 12.4 Å². The van der Waals surface area contributed by atoms with Crippen molar-refractivity contribution >= 4 is 5.78 Å². The Bertz CT molecular complexity index is 558. The molecule has 2 nitrogen and oxygen atoms in total. The first-order valence-electron chi connectivity index (χ1n) is 8.07. The van der Waals surface area contributed by atoms with E-state index in [-0.39, 0.29) is 5.78 Å². The molecular formula is C20H24O2. The number of hydrogen-bond acceptors (Lipinski definition) is 2. The van der Waals surface area contributed by atoms with E-state index in [4.69, 9.17) is 4.74 Å². The van der Waals surface area contributed by atoms with Gasteiger partial charge in [-0.15, -0.1) is 0 Å². The fraction of sp³-hybridized carbons (Fsp3) is 0.350. The molecule has 0 atom stereocenters. The van der Waals surface area contributed by atoms with Crippen LogP contribution in [0.1, 0.15) is 54.1 Å². The van der Waals surface area contributed by atoms with Crippen LogP contribution in [0.15, 0.2) is 54.6 Å². The van der Waals surface area contributed by atoms with E-state index in [1.165, 1.54) is 19.3 Å². The van der Waals surface area contributed by atoms with Gasteiger partial charge in [0.2, 0.25) is 0 Å². The van der Waals surface area contributed by atoms with Crippen LogP contribution in [0.2, 0.25) is 0 Å². The fourth-order valence-corrected chi connectivity index (χ4v) is 2.33. The van der Waals surface area contributed by atoms with Crippen LogP contribution in [-0.2, 0) is 11.3 Å². The van der Waals surface area contributed by atoms with Gasteiger partial charge in [-0.3, -0.25) is 4.79 Å². The van der Waals surface area contributed by atoms with E-state index in [0.29, 0.717) is 6.61 Å². The Kier molecular flexibility index (Phi) is 6.85. The summed E-state index contributed by atoms with van der Waals surface area (Å²) >= 11 is 0. The summed E-state index contributed by atoms with van der Waals surface area (Å²) in [6.45, 7) is 3.63. The van der Waals surface area contributed by atoms with E-state index >= 15 is 0 Å². The highest BCUT2D eigenvalue weighted by Crippen LogP contribution is 2.12. The Morgan fingerprint density at radius 3 is 2.23 bits per heavy atom. The third-order valence-electron chi connectivity index (χ3n) is 3.66. The van der Waals surface area contributed by atoms with Crippen LogP contribution >= 0.6 is 0 Å². The Balaban J connectivity index is 1.82. The lowest BCUT2D eigenvalue weighted by atomic mass is 10.0. The minimum Gasteiger partial charge on any atom is -0.377 e. The highest BCUT2D eigenvalue weighted by atomic mass is 16.5. The van der Waals surface area contributed by atoms with E-state index in [1.54, 1.807) is 0 Å². The third kappa shape index (κ3) is 5.12. The number of ketones is 1. The SMILES string of the molecule is CCCCCCOCc1ccc(C(=O)c2ccccc2)cc1. The van der Waals surface area contributed by atoms with Crippen molar-refractivity contribution < 1.29 is 9.53 Å². The average Bonchev–Trinajstić information content (AvgIpc) is 2.59. The predicted octanol–water partition coefficient (Wildman–Crippen LogP) is 5.01. The molecule has 2 aromatic carbocycles. The normalized spacial score (nSPS) is 10.6. The van der Waals surface area contributed by atoms with Crippen molar-refractivity contribution in [3.63, 3.8) is 0 Å². The molecule has 0 spiro atoms. The Morgan fingerprint density at radius 1 is 0.864 bits per heavy atom. The van der Waals surface area contributed by atoms with Crippen LogP contribution in [0.25, 0.3) is 0 Å². The smallest absolute Gasteiger partial charge is 0.193 e. The van der Waals surface area contributed by atoms with E-state index in [0.717, 1.165) is 29.7 Å². The van der Waals surface area contributed by atoms with Gasteiger partial charge in [0.15, 0.2) is 5.78 Å². The largest absolute Gasteiger partial charge is 0.377 e. The number of benzene rings is 2. The molecule has 0 fully saturated rings. The van der Waals surface area contributed by atoms with Gasteiger partial charge in [0.05, 0.1) is 6.61 Å². The van der Waals surface area contributed by atoms with Gasteiger partial charge >= 0.3 is 0 Å². The lowest BCUT2D eigenvalue weighted by molar-refractivity contribution is 0.103. The van der Waals surface area contributed by atoms with Crippen molar-refractivity contribution in [1.82, 2.24) is 0 Å². The molecule has 0 aliphatic carbocycles. The summed E-state index contributed by atoms with van der Waals surface area (Å²) in [5.74, 6) is 0.0626. The summed E-state index contributed by atoms with van der Waals surface area (Å²) < 4.78 is 5.67. The molecule has 0 aliphatic heterocycles. The zero-order chi connectivity index (χ0) is 15.6. The van der Waals surface area contributed by atoms with Gasteiger partial charge in [0, 0.05) is 17.7 Å². The molecule has 22 heavy (non-hydrogen) atoms. The van der Waals surface area contributed by atoms with E-state index in [1.807, 2.05) is 54.6 Å². The molecular weight excluding hydrogens is 272 g/mol. The summed E-state index contributed by atoms with van der Waals surface area (Å²) in [5.41, 5.74) is 2.56. The minimum absolute atomic E-state index is 0.0626. The summed E-state index contributed by atoms with van der Waals surface area (Å²) in [6, 6.07) is 17.1. The topological polar surface area (TPSA) is 26.3 Å². The summed E-state index contributed by atoms with van der Waals surface area (Å²) in [5, 5.41) is 0. The van der Waals surface area contributed by atoms with Crippen molar-refractivity contribution in [3.8, 4) is 0 Å². The number of ether oxygens (including phenoxy) is 1. The first-order chi connectivity index (χ1) is 10.8. The third-order valence-corrected chi connectivity index (χ3v) is 3.66. The van der Waals surface area contributed by atoms with Crippen LogP contribution in [0.5, 0.6) is 0 Å². The van der Waals surface area contributed by atoms with Gasteiger partial charge in [-0.2, -0.15) is 0 Å². The summed E-state index contributed by atoms with van der Waals surface area (Å²) in [4.78, 5) is 12.3. The Hall–Kier alpha value is -1.93. The first kappa shape index (κ1) is 16.4. The number of carbonyl (C=O) groups excluding carboxylic acids is 1. The lowest BCUT2D eigenvalue weighted by Crippen LogP contribution is -2.01. The zero-order valence-corrected chi connectivity index (χ0v) is 13.3. The van der Waals surface area contributed by atoms with Crippen molar-refractivity contribution in [3.05, 3.63) is 71.3 Å². The van der Waals surface area contributed by atoms with Crippen molar-refractivity contribution in [2.45, 2.75) is 39.2 Å². The number of hydrogen-bond donors (Lipinski definition) is 0. The molecule has 0 radical (unpaired) electrons. The van der Waals surface area contributed by atoms with Gasteiger partial charge in [-0.1, -0.05) is 80.8 Å². The van der Waals surface area contributed by atoms with Gasteiger partial charge in [-0.05, 0) is 12.0 Å². The zero-order valence-electron chi connectivity index (χ0n) is 13.3. The molecule has 0 amide bonds. The highest BCUT2D eigenvalue weighted by Gasteiger charge is 2.07. The Morgan fingerprint density at radius 2 is 1.55 bits per heavy atom. The molecule has 0 N–H and O–H groups in total. The Labute approximate surface area is 133 Å². The molecule has 0 heterocycles. The molecule has 2 aromatic rings. The van der Waals surface area contributed by atoms with Crippen molar-refractivity contribution in [2.75, 3.05) is 6.61 Å². The van der Waals surface area contributed by atoms with Crippen molar-refractivity contribution in [2.24, 2.45) is 0 Å². The second-order valence-electron chi connectivity index (χ2n) is 5.51.